The van der Waals surface area contributed by atoms with E-state index in [2.05, 4.69) is 31.9 Å². The summed E-state index contributed by atoms with van der Waals surface area (Å²) in [4.78, 5) is 12.6. The highest BCUT2D eigenvalue weighted by atomic mass is 32.2. The van der Waals surface area contributed by atoms with E-state index in [-0.39, 0.29) is 0 Å². The number of fused-ring (bicyclic) bond motifs is 1. The zero-order valence-corrected chi connectivity index (χ0v) is 8.64. The first-order valence-corrected chi connectivity index (χ1v) is 5.27. The molecule has 1 aliphatic rings. The summed E-state index contributed by atoms with van der Waals surface area (Å²) in [7, 11) is 0. The number of rotatable bonds is 2. The second-order valence-corrected chi connectivity index (χ2v) is 3.56. The molecule has 2 N–H and O–H groups in total. The average molecular weight is 209 g/mol. The summed E-state index contributed by atoms with van der Waals surface area (Å²) in [5.41, 5.74) is 0. The van der Waals surface area contributed by atoms with Crippen molar-refractivity contribution in [1.82, 2.24) is 14.7 Å². The zero-order valence-electron chi connectivity index (χ0n) is 7.82. The van der Waals surface area contributed by atoms with E-state index in [9.17, 15) is 0 Å². The van der Waals surface area contributed by atoms with Crippen LogP contribution < -0.4 is 10.0 Å². The SMILES string of the molecule is CCCN=C1NSc2nccnc2N1. The van der Waals surface area contributed by atoms with Crippen LogP contribution in [-0.2, 0) is 0 Å². The molecule has 0 saturated heterocycles. The molecule has 6 heteroatoms. The molecule has 1 aliphatic heterocycles. The second kappa shape index (κ2) is 4.28. The third kappa shape index (κ3) is 1.95. The lowest BCUT2D eigenvalue weighted by atomic mass is 10.5. The standard InChI is InChI=1S/C8H11N5S/c1-2-3-11-8-12-6-7(14-13-8)10-5-4-9-6/h4-5H,2-3H2,1H3,(H2,9,11,12,13). The number of aliphatic imine (C=N–C) groups is 1. The van der Waals surface area contributed by atoms with Crippen molar-refractivity contribution in [2.24, 2.45) is 4.99 Å². The van der Waals surface area contributed by atoms with Gasteiger partial charge in [-0.3, -0.25) is 9.71 Å². The van der Waals surface area contributed by atoms with Crippen molar-refractivity contribution in [2.45, 2.75) is 18.4 Å². The lowest BCUT2D eigenvalue weighted by Crippen LogP contribution is -2.30. The van der Waals surface area contributed by atoms with Crippen molar-refractivity contribution in [3.05, 3.63) is 12.4 Å². The van der Waals surface area contributed by atoms with Gasteiger partial charge in [0.2, 0.25) is 5.96 Å². The monoisotopic (exact) mass is 209 g/mol. The molecule has 74 valence electrons. The Hall–Kier alpha value is -1.30. The molecule has 0 amide bonds. The Morgan fingerprint density at radius 3 is 3.14 bits per heavy atom. The van der Waals surface area contributed by atoms with E-state index in [0.29, 0.717) is 0 Å². The van der Waals surface area contributed by atoms with E-state index in [0.717, 1.165) is 29.8 Å². The van der Waals surface area contributed by atoms with E-state index in [4.69, 9.17) is 0 Å². The Labute approximate surface area is 86.6 Å². The van der Waals surface area contributed by atoms with Gasteiger partial charge in [-0.1, -0.05) is 6.92 Å². The van der Waals surface area contributed by atoms with Crippen LogP contribution in [0.3, 0.4) is 0 Å². The predicted octanol–water partition coefficient (Wildman–Crippen LogP) is 1.26. The molecule has 1 aromatic rings. The van der Waals surface area contributed by atoms with Crippen LogP contribution in [0.5, 0.6) is 0 Å². The van der Waals surface area contributed by atoms with Crippen molar-refractivity contribution < 1.29 is 0 Å². The first kappa shape index (κ1) is 9.26. The van der Waals surface area contributed by atoms with Gasteiger partial charge >= 0.3 is 0 Å². The molecule has 2 heterocycles. The molecule has 0 saturated carbocycles. The molecule has 0 atom stereocenters. The summed E-state index contributed by atoms with van der Waals surface area (Å²) in [6, 6.07) is 0. The minimum absolute atomic E-state index is 0.754. The fourth-order valence-corrected chi connectivity index (χ4v) is 1.64. The molecular weight excluding hydrogens is 198 g/mol. The Balaban J connectivity index is 2.13. The number of guanidine groups is 1. The molecule has 0 fully saturated rings. The number of anilines is 1. The molecule has 5 nitrogen and oxygen atoms in total. The molecule has 0 aromatic carbocycles. The fourth-order valence-electron chi connectivity index (χ4n) is 1.02. The number of hydrogen-bond donors (Lipinski definition) is 2. The van der Waals surface area contributed by atoms with Gasteiger partial charge in [-0.2, -0.15) is 0 Å². The molecule has 0 unspecified atom stereocenters. The van der Waals surface area contributed by atoms with Gasteiger partial charge in [0.1, 0.15) is 0 Å². The van der Waals surface area contributed by atoms with Crippen molar-refractivity contribution >= 4 is 23.7 Å². The minimum Gasteiger partial charge on any atom is -0.308 e. The molecule has 2 rings (SSSR count). The van der Waals surface area contributed by atoms with Gasteiger partial charge in [-0.05, 0) is 6.42 Å². The largest absolute Gasteiger partial charge is 0.308 e. The number of aromatic nitrogens is 2. The van der Waals surface area contributed by atoms with Gasteiger partial charge in [-0.25, -0.2) is 9.97 Å². The van der Waals surface area contributed by atoms with Gasteiger partial charge in [-0.15, -0.1) is 0 Å². The smallest absolute Gasteiger partial charge is 0.207 e. The summed E-state index contributed by atoms with van der Waals surface area (Å²) in [6.45, 7) is 2.90. The predicted molar refractivity (Wildman–Crippen MR) is 57.2 cm³/mol. The van der Waals surface area contributed by atoms with Gasteiger partial charge in [0.05, 0.1) is 0 Å². The van der Waals surface area contributed by atoms with Gasteiger partial charge in [0.25, 0.3) is 0 Å². The van der Waals surface area contributed by atoms with Crippen LogP contribution in [0, 0.1) is 0 Å². The van der Waals surface area contributed by atoms with E-state index < -0.39 is 0 Å². The lowest BCUT2D eigenvalue weighted by molar-refractivity contribution is 0.923. The molecule has 0 bridgehead atoms. The topological polar surface area (TPSA) is 62.2 Å². The molecule has 0 spiro atoms. The van der Waals surface area contributed by atoms with E-state index >= 15 is 0 Å². The van der Waals surface area contributed by atoms with Crippen LogP contribution in [0.2, 0.25) is 0 Å². The minimum atomic E-state index is 0.754. The molecule has 0 radical (unpaired) electrons. The maximum atomic E-state index is 4.31. The molecular formula is C8H11N5S. The molecule has 1 aromatic heterocycles. The Morgan fingerprint density at radius 1 is 1.43 bits per heavy atom. The number of hydrogen-bond acceptors (Lipinski definition) is 4. The Kier molecular flexibility index (Phi) is 2.83. The highest BCUT2D eigenvalue weighted by Crippen LogP contribution is 2.22. The Morgan fingerprint density at radius 2 is 2.29 bits per heavy atom. The van der Waals surface area contributed by atoms with Crippen molar-refractivity contribution in [1.29, 1.82) is 0 Å². The highest BCUT2D eigenvalue weighted by Gasteiger charge is 2.14. The van der Waals surface area contributed by atoms with Crippen LogP contribution in [0.1, 0.15) is 13.3 Å². The highest BCUT2D eigenvalue weighted by molar-refractivity contribution is 7.98. The first-order chi connectivity index (χ1) is 6.90. The van der Waals surface area contributed by atoms with Crippen LogP contribution in [0.25, 0.3) is 0 Å². The number of nitrogens with zero attached hydrogens (tertiary/aromatic N) is 3. The van der Waals surface area contributed by atoms with E-state index in [1.165, 1.54) is 11.9 Å². The number of nitrogens with one attached hydrogen (secondary N) is 2. The molecule has 0 aliphatic carbocycles. The van der Waals surface area contributed by atoms with Crippen molar-refractivity contribution in [3.8, 4) is 0 Å². The van der Waals surface area contributed by atoms with Gasteiger partial charge in [0, 0.05) is 30.9 Å². The summed E-state index contributed by atoms with van der Waals surface area (Å²) in [5, 5.41) is 3.93. The zero-order chi connectivity index (χ0) is 9.80. The third-order valence-corrected chi connectivity index (χ3v) is 2.43. The average Bonchev–Trinajstić information content (AvgIpc) is 2.26. The van der Waals surface area contributed by atoms with Crippen molar-refractivity contribution in [3.63, 3.8) is 0 Å². The van der Waals surface area contributed by atoms with Crippen LogP contribution in [0.4, 0.5) is 5.82 Å². The summed E-state index contributed by atoms with van der Waals surface area (Å²) in [6.07, 6.45) is 4.36. The fraction of sp³-hybridized carbons (Fsp3) is 0.375. The Bertz CT molecular complexity index is 351. The third-order valence-electron chi connectivity index (χ3n) is 1.64. The van der Waals surface area contributed by atoms with E-state index in [1.807, 2.05) is 0 Å². The van der Waals surface area contributed by atoms with Crippen LogP contribution in [-0.4, -0.2) is 22.5 Å². The summed E-state index contributed by atoms with van der Waals surface area (Å²) < 4.78 is 3.06. The van der Waals surface area contributed by atoms with Gasteiger partial charge in [0.15, 0.2) is 10.8 Å². The first-order valence-electron chi connectivity index (χ1n) is 4.45. The maximum absolute atomic E-state index is 4.31. The van der Waals surface area contributed by atoms with Crippen LogP contribution >= 0.6 is 11.9 Å². The molecule has 14 heavy (non-hydrogen) atoms. The summed E-state index contributed by atoms with van der Waals surface area (Å²) in [5.74, 6) is 1.52. The van der Waals surface area contributed by atoms with Crippen LogP contribution in [0.15, 0.2) is 22.4 Å². The quantitative estimate of drug-likeness (QED) is 0.718. The lowest BCUT2D eigenvalue weighted by Gasteiger charge is -2.17. The van der Waals surface area contributed by atoms with Gasteiger partial charge < -0.3 is 5.32 Å². The van der Waals surface area contributed by atoms with E-state index in [1.54, 1.807) is 12.4 Å². The second-order valence-electron chi connectivity index (χ2n) is 2.77. The normalized spacial score (nSPS) is 17.1. The maximum Gasteiger partial charge on any atom is 0.207 e. The summed E-state index contributed by atoms with van der Waals surface area (Å²) >= 11 is 1.43. The van der Waals surface area contributed by atoms with Crippen molar-refractivity contribution in [2.75, 3.05) is 11.9 Å².